The van der Waals surface area contributed by atoms with Crippen LogP contribution in [0.3, 0.4) is 0 Å². The summed E-state index contributed by atoms with van der Waals surface area (Å²) in [5.74, 6) is -2.29. The standard InChI is InChI=1S/C27H36O13S/c1-17(28)36-16-22-23(37-18(2)29)24(38-19(3)30)25(39-20(4)31)27(40-22)35-13-12-33-10-11-34-14-15-41-26(32)21-8-6-5-7-9-21/h5-9,22-25,27H,10-16H2,1-4H3/t22-,23+,24+,25-,27+/m1/s1. The van der Waals surface area contributed by atoms with Crippen molar-refractivity contribution >= 4 is 40.8 Å². The predicted molar refractivity (Wildman–Crippen MR) is 143 cm³/mol. The van der Waals surface area contributed by atoms with Crippen molar-refractivity contribution in [1.82, 2.24) is 0 Å². The largest absolute Gasteiger partial charge is 0.463 e. The third kappa shape index (κ3) is 13.0. The molecule has 14 heteroatoms. The van der Waals surface area contributed by atoms with E-state index in [1.54, 1.807) is 12.1 Å². The molecule has 5 atom stereocenters. The van der Waals surface area contributed by atoms with Crippen LogP contribution in [0, 0.1) is 0 Å². The molecule has 0 aromatic heterocycles. The Morgan fingerprint density at radius 1 is 0.707 bits per heavy atom. The van der Waals surface area contributed by atoms with E-state index in [4.69, 9.17) is 37.9 Å². The molecule has 1 aromatic carbocycles. The molecule has 1 aliphatic heterocycles. The van der Waals surface area contributed by atoms with Crippen molar-refractivity contribution in [2.24, 2.45) is 0 Å². The molecule has 0 spiro atoms. The molecular weight excluding hydrogens is 564 g/mol. The highest BCUT2D eigenvalue weighted by Crippen LogP contribution is 2.30. The fourth-order valence-corrected chi connectivity index (χ4v) is 4.41. The second kappa shape index (κ2) is 18.4. The van der Waals surface area contributed by atoms with Crippen molar-refractivity contribution in [2.45, 2.75) is 58.4 Å². The maximum Gasteiger partial charge on any atom is 0.303 e. The molecule has 1 heterocycles. The summed E-state index contributed by atoms with van der Waals surface area (Å²) in [6, 6.07) is 8.98. The number of esters is 4. The molecule has 0 unspecified atom stereocenters. The Morgan fingerprint density at radius 3 is 1.88 bits per heavy atom. The van der Waals surface area contributed by atoms with Gasteiger partial charge in [-0.3, -0.25) is 24.0 Å². The fraction of sp³-hybridized carbons (Fsp3) is 0.593. The van der Waals surface area contributed by atoms with Crippen molar-refractivity contribution in [1.29, 1.82) is 0 Å². The van der Waals surface area contributed by atoms with Gasteiger partial charge in [0.15, 0.2) is 24.6 Å². The van der Waals surface area contributed by atoms with Gasteiger partial charge in [-0.2, -0.15) is 0 Å². The smallest absolute Gasteiger partial charge is 0.303 e. The second-order valence-corrected chi connectivity index (χ2v) is 9.73. The van der Waals surface area contributed by atoms with Crippen molar-refractivity contribution in [3.63, 3.8) is 0 Å². The summed E-state index contributed by atoms with van der Waals surface area (Å²) >= 11 is 1.17. The van der Waals surface area contributed by atoms with E-state index in [0.717, 1.165) is 20.8 Å². The highest BCUT2D eigenvalue weighted by Gasteiger charge is 2.52. The summed E-state index contributed by atoms with van der Waals surface area (Å²) in [5, 5.41) is -0.0233. The minimum atomic E-state index is -1.31. The molecule has 0 amide bonds. The number of hydrogen-bond acceptors (Lipinski definition) is 14. The molecular formula is C27H36O13S. The van der Waals surface area contributed by atoms with Crippen LogP contribution in [0.1, 0.15) is 38.1 Å². The van der Waals surface area contributed by atoms with Gasteiger partial charge in [0.1, 0.15) is 12.7 Å². The van der Waals surface area contributed by atoms with E-state index >= 15 is 0 Å². The Labute approximate surface area is 242 Å². The van der Waals surface area contributed by atoms with Gasteiger partial charge in [-0.15, -0.1) is 0 Å². The Kier molecular flexibility index (Phi) is 15.3. The number of ether oxygens (including phenoxy) is 8. The van der Waals surface area contributed by atoms with Gasteiger partial charge in [0.25, 0.3) is 0 Å². The molecule has 1 aliphatic rings. The lowest BCUT2D eigenvalue weighted by molar-refractivity contribution is -0.309. The quantitative estimate of drug-likeness (QED) is 0.153. The van der Waals surface area contributed by atoms with Crippen LogP contribution in [-0.4, -0.2) is 105 Å². The van der Waals surface area contributed by atoms with E-state index < -0.39 is 54.6 Å². The molecule has 13 nitrogen and oxygen atoms in total. The van der Waals surface area contributed by atoms with Gasteiger partial charge in [-0.25, -0.2) is 0 Å². The first-order chi connectivity index (χ1) is 19.6. The summed E-state index contributed by atoms with van der Waals surface area (Å²) < 4.78 is 43.6. The van der Waals surface area contributed by atoms with Crippen LogP contribution in [0.15, 0.2) is 30.3 Å². The maximum absolute atomic E-state index is 12.1. The SMILES string of the molecule is CC(=O)OC[C@H]1O[C@H](OCCOCCOCCSC(=O)c2ccccc2)[C@H](OC(C)=O)[C@@H](OC(C)=O)[C@H]1OC(C)=O. The lowest BCUT2D eigenvalue weighted by Gasteiger charge is -2.44. The first kappa shape index (κ1) is 34.2. The molecule has 1 fully saturated rings. The summed E-state index contributed by atoms with van der Waals surface area (Å²) in [6.07, 6.45) is -6.22. The summed E-state index contributed by atoms with van der Waals surface area (Å²) in [5.41, 5.74) is 0.637. The number of carbonyl (C=O) groups is 5. The average Bonchev–Trinajstić information content (AvgIpc) is 2.91. The van der Waals surface area contributed by atoms with Crippen molar-refractivity contribution in [3.8, 4) is 0 Å². The van der Waals surface area contributed by atoms with Gasteiger partial charge in [0, 0.05) is 39.0 Å². The van der Waals surface area contributed by atoms with E-state index in [1.807, 2.05) is 18.2 Å². The molecule has 0 aliphatic carbocycles. The Morgan fingerprint density at radius 2 is 1.27 bits per heavy atom. The first-order valence-electron chi connectivity index (χ1n) is 12.9. The van der Waals surface area contributed by atoms with E-state index in [0.29, 0.717) is 24.5 Å². The topological polar surface area (TPSA) is 159 Å². The van der Waals surface area contributed by atoms with E-state index in [2.05, 4.69) is 0 Å². The number of carbonyl (C=O) groups excluding carboxylic acids is 5. The molecule has 0 N–H and O–H groups in total. The second-order valence-electron chi connectivity index (χ2n) is 8.67. The summed E-state index contributed by atoms with van der Waals surface area (Å²) in [4.78, 5) is 58.9. The zero-order chi connectivity index (χ0) is 30.2. The number of rotatable bonds is 16. The number of thioether (sulfide) groups is 1. The van der Waals surface area contributed by atoms with Crippen LogP contribution in [0.4, 0.5) is 0 Å². The van der Waals surface area contributed by atoms with Gasteiger partial charge in [0.2, 0.25) is 5.12 Å². The van der Waals surface area contributed by atoms with Crippen LogP contribution in [0.25, 0.3) is 0 Å². The number of benzene rings is 1. The van der Waals surface area contributed by atoms with Crippen molar-refractivity contribution < 1.29 is 61.9 Å². The normalized spacial score (nSPS) is 21.9. The molecule has 0 radical (unpaired) electrons. The van der Waals surface area contributed by atoms with E-state index in [9.17, 15) is 24.0 Å². The Bertz CT molecular complexity index is 1000. The third-order valence-corrected chi connectivity index (χ3v) is 6.17. The zero-order valence-corrected chi connectivity index (χ0v) is 24.3. The van der Waals surface area contributed by atoms with Gasteiger partial charge < -0.3 is 37.9 Å². The average molecular weight is 601 g/mol. The third-order valence-electron chi connectivity index (χ3n) is 5.30. The van der Waals surface area contributed by atoms with Crippen LogP contribution in [0.2, 0.25) is 0 Å². The van der Waals surface area contributed by atoms with Crippen molar-refractivity contribution in [2.75, 3.05) is 45.4 Å². The highest BCUT2D eigenvalue weighted by atomic mass is 32.2. The van der Waals surface area contributed by atoms with Crippen LogP contribution in [0.5, 0.6) is 0 Å². The highest BCUT2D eigenvalue weighted by molar-refractivity contribution is 8.14. The van der Waals surface area contributed by atoms with E-state index in [-0.39, 0.29) is 31.5 Å². The first-order valence-corrected chi connectivity index (χ1v) is 13.9. The Hall–Kier alpha value is -3.04. The van der Waals surface area contributed by atoms with Crippen LogP contribution >= 0.6 is 11.8 Å². The molecule has 228 valence electrons. The molecule has 41 heavy (non-hydrogen) atoms. The van der Waals surface area contributed by atoms with E-state index in [1.165, 1.54) is 18.7 Å². The molecule has 1 saturated heterocycles. The minimum Gasteiger partial charge on any atom is -0.463 e. The van der Waals surface area contributed by atoms with Crippen molar-refractivity contribution in [3.05, 3.63) is 35.9 Å². The number of hydrogen-bond donors (Lipinski definition) is 0. The van der Waals surface area contributed by atoms with Gasteiger partial charge >= 0.3 is 23.9 Å². The van der Waals surface area contributed by atoms with Crippen LogP contribution < -0.4 is 0 Å². The maximum atomic E-state index is 12.1. The van der Waals surface area contributed by atoms with Crippen LogP contribution in [-0.2, 0) is 57.1 Å². The minimum absolute atomic E-state index is 0.0187. The Balaban J connectivity index is 1.85. The van der Waals surface area contributed by atoms with Gasteiger partial charge in [0.05, 0.1) is 33.0 Å². The lowest BCUT2D eigenvalue weighted by Crippen LogP contribution is -2.63. The molecule has 2 rings (SSSR count). The predicted octanol–water partition coefficient (Wildman–Crippen LogP) is 1.69. The summed E-state index contributed by atoms with van der Waals surface area (Å²) in [6.45, 7) is 5.26. The monoisotopic (exact) mass is 600 g/mol. The van der Waals surface area contributed by atoms with Gasteiger partial charge in [-0.1, -0.05) is 42.1 Å². The summed E-state index contributed by atoms with van der Waals surface area (Å²) in [7, 11) is 0. The lowest BCUT2D eigenvalue weighted by atomic mass is 9.98. The fourth-order valence-electron chi connectivity index (χ4n) is 3.72. The zero-order valence-electron chi connectivity index (χ0n) is 23.4. The molecule has 0 bridgehead atoms. The van der Waals surface area contributed by atoms with Gasteiger partial charge in [-0.05, 0) is 0 Å². The molecule has 1 aromatic rings. The molecule has 0 saturated carbocycles.